The fraction of sp³-hybridized carbons (Fsp3) is 0.238. The van der Waals surface area contributed by atoms with Crippen LogP contribution in [0.3, 0.4) is 0 Å². The Hall–Kier alpha value is -4.96. The van der Waals surface area contributed by atoms with Crippen molar-refractivity contribution in [2.24, 2.45) is 0 Å². The first-order valence-electron chi connectivity index (χ1n) is 16.1. The number of benzene rings is 5. The van der Waals surface area contributed by atoms with Crippen LogP contribution < -0.4 is 9.80 Å². The van der Waals surface area contributed by atoms with Crippen molar-refractivity contribution in [2.45, 2.75) is 69.2 Å². The molecule has 232 valence electrons. The molecule has 0 saturated carbocycles. The normalized spacial score (nSPS) is 11.3. The first-order chi connectivity index (χ1) is 22.0. The van der Waals surface area contributed by atoms with Gasteiger partial charge >= 0.3 is 0 Å². The highest BCUT2D eigenvalue weighted by atomic mass is 15.2. The van der Waals surface area contributed by atoms with E-state index in [0.29, 0.717) is 0 Å². The van der Waals surface area contributed by atoms with Gasteiger partial charge in [-0.05, 0) is 143 Å². The van der Waals surface area contributed by atoms with Gasteiger partial charge < -0.3 is 4.90 Å². The van der Waals surface area contributed by atoms with Crippen LogP contribution in [0.5, 0.6) is 0 Å². The van der Waals surface area contributed by atoms with E-state index in [2.05, 4.69) is 151 Å². The Morgan fingerprint density at radius 1 is 0.457 bits per heavy atom. The van der Waals surface area contributed by atoms with Gasteiger partial charge in [0, 0.05) is 11.9 Å². The third-order valence-corrected chi connectivity index (χ3v) is 9.50. The van der Waals surface area contributed by atoms with Gasteiger partial charge in [-0.1, -0.05) is 65.7 Å². The maximum absolute atomic E-state index is 4.77. The van der Waals surface area contributed by atoms with Crippen LogP contribution in [0.4, 0.5) is 34.3 Å². The predicted molar refractivity (Wildman–Crippen MR) is 196 cm³/mol. The summed E-state index contributed by atoms with van der Waals surface area (Å²) in [7, 11) is 0. The van der Waals surface area contributed by atoms with Gasteiger partial charge in [-0.15, -0.1) is 0 Å². The Kier molecular flexibility index (Phi) is 8.16. The molecule has 0 radical (unpaired) electrons. The molecule has 6 aromatic rings. The van der Waals surface area contributed by atoms with Crippen molar-refractivity contribution < 1.29 is 0 Å². The monoisotopic (exact) mass is 604 g/mol. The molecule has 0 atom stereocenters. The molecule has 0 aliphatic carbocycles. The molecule has 0 aliphatic heterocycles. The van der Waals surface area contributed by atoms with Crippen LogP contribution in [-0.4, -0.2) is 9.97 Å². The second-order valence-electron chi connectivity index (χ2n) is 13.0. The standard InChI is InChI=1S/C42H44N4/c1-25-19-27(3)39(28(4)20-25)46(40-29(5)21-26(2)22-30(40)6)42-33(9)31(7)41(32(8)34(42)10)45(38-17-18-43-24-44-38)37-16-15-35-13-11-12-14-36(35)23-37/h11-24H,1-10H3. The van der Waals surface area contributed by atoms with Gasteiger partial charge in [-0.2, -0.15) is 0 Å². The number of anilines is 6. The quantitative estimate of drug-likeness (QED) is 0.189. The van der Waals surface area contributed by atoms with Crippen molar-refractivity contribution in [3.8, 4) is 0 Å². The number of rotatable bonds is 6. The Balaban J connectivity index is 1.67. The van der Waals surface area contributed by atoms with Gasteiger partial charge in [-0.25, -0.2) is 9.97 Å². The zero-order chi connectivity index (χ0) is 32.9. The van der Waals surface area contributed by atoms with E-state index < -0.39 is 0 Å². The number of nitrogens with zero attached hydrogens (tertiary/aromatic N) is 4. The van der Waals surface area contributed by atoms with Crippen molar-refractivity contribution in [1.82, 2.24) is 9.97 Å². The lowest BCUT2D eigenvalue weighted by Crippen LogP contribution is -2.21. The zero-order valence-electron chi connectivity index (χ0n) is 28.9. The lowest BCUT2D eigenvalue weighted by atomic mass is 9.91. The summed E-state index contributed by atoms with van der Waals surface area (Å²) < 4.78 is 0. The molecule has 4 nitrogen and oxygen atoms in total. The highest BCUT2D eigenvalue weighted by Crippen LogP contribution is 2.50. The summed E-state index contributed by atoms with van der Waals surface area (Å²) in [5.41, 5.74) is 18.6. The fourth-order valence-electron chi connectivity index (χ4n) is 7.44. The fourth-order valence-corrected chi connectivity index (χ4v) is 7.44. The number of aryl methyl sites for hydroxylation is 6. The van der Waals surface area contributed by atoms with Crippen LogP contribution >= 0.6 is 0 Å². The predicted octanol–water partition coefficient (Wildman–Crippen LogP) is 11.7. The minimum Gasteiger partial charge on any atom is -0.309 e. The van der Waals surface area contributed by atoms with E-state index in [9.17, 15) is 0 Å². The topological polar surface area (TPSA) is 32.3 Å². The third kappa shape index (κ3) is 5.32. The Morgan fingerprint density at radius 2 is 0.935 bits per heavy atom. The molecule has 0 unspecified atom stereocenters. The molecule has 0 spiro atoms. The van der Waals surface area contributed by atoms with E-state index in [1.807, 2.05) is 12.3 Å². The van der Waals surface area contributed by atoms with Crippen molar-refractivity contribution in [1.29, 1.82) is 0 Å². The van der Waals surface area contributed by atoms with Crippen LogP contribution in [0.2, 0.25) is 0 Å². The molecule has 4 heteroatoms. The highest BCUT2D eigenvalue weighted by molar-refractivity contribution is 5.93. The highest BCUT2D eigenvalue weighted by Gasteiger charge is 2.29. The Morgan fingerprint density at radius 3 is 1.41 bits per heavy atom. The summed E-state index contributed by atoms with van der Waals surface area (Å²) in [6.45, 7) is 22.4. The maximum Gasteiger partial charge on any atom is 0.140 e. The smallest absolute Gasteiger partial charge is 0.140 e. The van der Waals surface area contributed by atoms with E-state index in [4.69, 9.17) is 4.98 Å². The molecule has 46 heavy (non-hydrogen) atoms. The van der Waals surface area contributed by atoms with E-state index in [1.54, 1.807) is 6.33 Å². The lowest BCUT2D eigenvalue weighted by Gasteiger charge is -2.37. The number of fused-ring (bicyclic) bond motifs is 1. The van der Waals surface area contributed by atoms with Gasteiger partial charge in [0.1, 0.15) is 12.1 Å². The summed E-state index contributed by atoms with van der Waals surface area (Å²) in [6.07, 6.45) is 3.46. The first kappa shape index (κ1) is 31.0. The van der Waals surface area contributed by atoms with Gasteiger partial charge in [0.05, 0.1) is 22.7 Å². The summed E-state index contributed by atoms with van der Waals surface area (Å²) in [5.74, 6) is 0.843. The Bertz CT molecular complexity index is 1980. The van der Waals surface area contributed by atoms with Crippen molar-refractivity contribution in [2.75, 3.05) is 9.80 Å². The van der Waals surface area contributed by atoms with Gasteiger partial charge in [0.25, 0.3) is 0 Å². The van der Waals surface area contributed by atoms with Crippen LogP contribution in [-0.2, 0) is 0 Å². The SMILES string of the molecule is Cc1cc(C)c(N(c2c(C)cc(C)cc2C)c2c(C)c(C)c(N(c3ccc4ccccc4c3)c3ccncn3)c(C)c2C)c(C)c1. The molecule has 0 N–H and O–H groups in total. The molecular formula is C42H44N4. The van der Waals surface area contributed by atoms with E-state index in [-0.39, 0.29) is 0 Å². The molecule has 0 saturated heterocycles. The van der Waals surface area contributed by atoms with Crippen molar-refractivity contribution in [3.05, 3.63) is 141 Å². The number of hydrogen-bond acceptors (Lipinski definition) is 4. The molecule has 0 fully saturated rings. The van der Waals surface area contributed by atoms with Crippen molar-refractivity contribution >= 4 is 45.0 Å². The summed E-state index contributed by atoms with van der Waals surface area (Å²) >= 11 is 0. The Labute approximate surface area is 274 Å². The minimum atomic E-state index is 0.843. The largest absolute Gasteiger partial charge is 0.309 e. The molecule has 0 amide bonds. The second-order valence-corrected chi connectivity index (χ2v) is 13.0. The third-order valence-electron chi connectivity index (χ3n) is 9.50. The molecular weight excluding hydrogens is 560 g/mol. The van der Waals surface area contributed by atoms with Crippen LogP contribution in [0.1, 0.15) is 55.6 Å². The van der Waals surface area contributed by atoms with E-state index in [0.717, 1.165) is 17.2 Å². The summed E-state index contributed by atoms with van der Waals surface area (Å²) in [6, 6.07) is 26.4. The first-order valence-corrected chi connectivity index (χ1v) is 16.1. The van der Waals surface area contributed by atoms with Gasteiger partial charge in [-0.3, -0.25) is 4.90 Å². The lowest BCUT2D eigenvalue weighted by molar-refractivity contribution is 1.07. The van der Waals surface area contributed by atoms with E-state index in [1.165, 1.54) is 83.5 Å². The molecule has 0 aliphatic rings. The zero-order valence-corrected chi connectivity index (χ0v) is 28.9. The minimum absolute atomic E-state index is 0.843. The molecule has 1 aromatic heterocycles. The molecule has 6 rings (SSSR count). The van der Waals surface area contributed by atoms with Crippen molar-refractivity contribution in [3.63, 3.8) is 0 Å². The van der Waals surface area contributed by atoms with Gasteiger partial charge in [0.15, 0.2) is 0 Å². The van der Waals surface area contributed by atoms with E-state index >= 15 is 0 Å². The van der Waals surface area contributed by atoms with Crippen LogP contribution in [0.25, 0.3) is 10.8 Å². The molecule has 5 aromatic carbocycles. The number of hydrogen-bond donors (Lipinski definition) is 0. The molecule has 0 bridgehead atoms. The number of aromatic nitrogens is 2. The van der Waals surface area contributed by atoms with Crippen LogP contribution in [0, 0.1) is 69.2 Å². The average molecular weight is 605 g/mol. The molecule has 1 heterocycles. The van der Waals surface area contributed by atoms with Gasteiger partial charge in [0.2, 0.25) is 0 Å². The summed E-state index contributed by atoms with van der Waals surface area (Å²) in [4.78, 5) is 13.9. The second kappa shape index (κ2) is 12.1. The van der Waals surface area contributed by atoms with Crippen LogP contribution in [0.15, 0.2) is 85.3 Å². The maximum atomic E-state index is 4.77. The average Bonchev–Trinajstić information content (AvgIpc) is 3.01. The summed E-state index contributed by atoms with van der Waals surface area (Å²) in [5, 5.41) is 2.41.